The number of aromatic nitrogens is 2. The third kappa shape index (κ3) is 3.51. The van der Waals surface area contributed by atoms with E-state index in [-0.39, 0.29) is 10.6 Å². The van der Waals surface area contributed by atoms with E-state index in [1.54, 1.807) is 24.7 Å². The molecule has 19 heavy (non-hydrogen) atoms. The number of benzene rings is 1. The van der Waals surface area contributed by atoms with Crippen LogP contribution in [0.3, 0.4) is 0 Å². The van der Waals surface area contributed by atoms with Crippen molar-refractivity contribution >= 4 is 17.2 Å². The van der Waals surface area contributed by atoms with E-state index in [1.807, 2.05) is 10.8 Å². The number of nitrogens with two attached hydrogens (primary N) is 1. The van der Waals surface area contributed by atoms with Crippen LogP contribution in [0.15, 0.2) is 36.9 Å². The van der Waals surface area contributed by atoms with Crippen LogP contribution in [0, 0.1) is 5.82 Å². The average molecular weight is 279 g/mol. The van der Waals surface area contributed by atoms with Crippen LogP contribution in [0.1, 0.15) is 12.0 Å². The fraction of sp³-hybridized carbons (Fsp3) is 0.231. The zero-order valence-corrected chi connectivity index (χ0v) is 11.1. The van der Waals surface area contributed by atoms with Gasteiger partial charge in [0.1, 0.15) is 16.6 Å². The molecular weight excluding hydrogens is 265 g/mol. The fourth-order valence-corrected chi connectivity index (χ4v) is 1.91. The molecular formula is C13H14FN3OS. The Kier molecular flexibility index (Phi) is 4.46. The van der Waals surface area contributed by atoms with Gasteiger partial charge in [0, 0.05) is 18.9 Å². The van der Waals surface area contributed by atoms with Gasteiger partial charge >= 0.3 is 0 Å². The van der Waals surface area contributed by atoms with Crippen LogP contribution in [0.2, 0.25) is 0 Å². The monoisotopic (exact) mass is 279 g/mol. The average Bonchev–Trinajstić information content (AvgIpc) is 2.87. The standard InChI is InChI=1S/C13H14FN3OS/c14-10-3-1-4-11(12(10)13(15)19)18-8-2-6-17-7-5-16-9-17/h1,3-5,7,9H,2,6,8H2,(H2,15,19). The number of thiocarbonyl (C=S) groups is 1. The number of hydrogen-bond acceptors (Lipinski definition) is 3. The SMILES string of the molecule is NC(=S)c1c(F)cccc1OCCCn1ccnc1. The van der Waals surface area contributed by atoms with Gasteiger partial charge in [0.25, 0.3) is 0 Å². The Bertz CT molecular complexity index is 557. The van der Waals surface area contributed by atoms with Crippen molar-refractivity contribution in [3.05, 3.63) is 48.3 Å². The van der Waals surface area contributed by atoms with Crippen molar-refractivity contribution in [3.8, 4) is 5.75 Å². The van der Waals surface area contributed by atoms with Gasteiger partial charge in [0.15, 0.2) is 0 Å². The summed E-state index contributed by atoms with van der Waals surface area (Å²) in [6.45, 7) is 1.25. The van der Waals surface area contributed by atoms with Gasteiger partial charge in [-0.15, -0.1) is 0 Å². The van der Waals surface area contributed by atoms with E-state index in [9.17, 15) is 4.39 Å². The van der Waals surface area contributed by atoms with Crippen molar-refractivity contribution in [3.63, 3.8) is 0 Å². The first-order valence-corrected chi connectivity index (χ1v) is 6.26. The first kappa shape index (κ1) is 13.5. The number of ether oxygens (including phenoxy) is 1. The molecule has 0 radical (unpaired) electrons. The van der Waals surface area contributed by atoms with Gasteiger partial charge in [0.05, 0.1) is 18.5 Å². The number of imidazole rings is 1. The summed E-state index contributed by atoms with van der Waals surface area (Å²) in [5, 5.41) is 0. The van der Waals surface area contributed by atoms with E-state index in [4.69, 9.17) is 22.7 Å². The minimum Gasteiger partial charge on any atom is -0.493 e. The maximum Gasteiger partial charge on any atom is 0.137 e. The number of aryl methyl sites for hydroxylation is 1. The Morgan fingerprint density at radius 3 is 3.00 bits per heavy atom. The fourth-order valence-electron chi connectivity index (χ4n) is 1.71. The molecule has 2 N–H and O–H groups in total. The van der Waals surface area contributed by atoms with Crippen LogP contribution in [0.25, 0.3) is 0 Å². The second-order valence-corrected chi connectivity index (χ2v) is 4.42. The second-order valence-electron chi connectivity index (χ2n) is 3.98. The highest BCUT2D eigenvalue weighted by atomic mass is 32.1. The Morgan fingerprint density at radius 1 is 1.47 bits per heavy atom. The first-order valence-electron chi connectivity index (χ1n) is 5.85. The summed E-state index contributed by atoms with van der Waals surface area (Å²) in [5.41, 5.74) is 5.66. The van der Waals surface area contributed by atoms with Gasteiger partial charge in [-0.3, -0.25) is 0 Å². The molecule has 0 amide bonds. The van der Waals surface area contributed by atoms with Gasteiger partial charge in [-0.1, -0.05) is 18.3 Å². The largest absolute Gasteiger partial charge is 0.493 e. The number of rotatable bonds is 6. The Balaban J connectivity index is 1.92. The van der Waals surface area contributed by atoms with Gasteiger partial charge < -0.3 is 15.0 Å². The Hall–Kier alpha value is -1.95. The normalized spacial score (nSPS) is 10.4. The molecule has 0 fully saturated rings. The van der Waals surface area contributed by atoms with E-state index >= 15 is 0 Å². The molecule has 0 saturated heterocycles. The minimum absolute atomic E-state index is 0.00251. The lowest BCUT2D eigenvalue weighted by Crippen LogP contribution is -2.14. The van der Waals surface area contributed by atoms with Crippen molar-refractivity contribution in [1.82, 2.24) is 9.55 Å². The van der Waals surface area contributed by atoms with Gasteiger partial charge in [-0.25, -0.2) is 9.37 Å². The topological polar surface area (TPSA) is 53.1 Å². The Labute approximate surface area is 116 Å². The number of halogens is 1. The van der Waals surface area contributed by atoms with Crippen LogP contribution >= 0.6 is 12.2 Å². The molecule has 1 aromatic carbocycles. The summed E-state index contributed by atoms with van der Waals surface area (Å²) >= 11 is 4.83. The molecule has 6 heteroatoms. The van der Waals surface area contributed by atoms with Crippen LogP contribution in [-0.2, 0) is 6.54 Å². The predicted octanol–water partition coefficient (Wildman–Crippen LogP) is 2.13. The molecule has 0 bridgehead atoms. The summed E-state index contributed by atoms with van der Waals surface area (Å²) in [4.78, 5) is 3.95. The van der Waals surface area contributed by atoms with Crippen LogP contribution in [0.5, 0.6) is 5.75 Å². The van der Waals surface area contributed by atoms with E-state index in [0.29, 0.717) is 12.4 Å². The molecule has 0 atom stereocenters. The smallest absolute Gasteiger partial charge is 0.137 e. The number of nitrogens with zero attached hydrogens (tertiary/aromatic N) is 2. The second kappa shape index (κ2) is 6.29. The molecule has 1 aromatic heterocycles. The summed E-state index contributed by atoms with van der Waals surface area (Å²) < 4.78 is 21.1. The number of hydrogen-bond donors (Lipinski definition) is 1. The summed E-state index contributed by atoms with van der Waals surface area (Å²) in [6, 6.07) is 4.55. The Morgan fingerprint density at radius 2 is 2.32 bits per heavy atom. The molecule has 0 aliphatic rings. The maximum atomic E-state index is 13.6. The lowest BCUT2D eigenvalue weighted by molar-refractivity contribution is 0.300. The molecule has 0 unspecified atom stereocenters. The summed E-state index contributed by atoms with van der Waals surface area (Å²) in [6.07, 6.45) is 6.12. The third-order valence-electron chi connectivity index (χ3n) is 2.60. The molecule has 4 nitrogen and oxygen atoms in total. The summed E-state index contributed by atoms with van der Waals surface area (Å²) in [5.74, 6) is -0.0715. The lowest BCUT2D eigenvalue weighted by Gasteiger charge is -2.11. The molecule has 2 rings (SSSR count). The van der Waals surface area contributed by atoms with Crippen molar-refractivity contribution in [1.29, 1.82) is 0 Å². The van der Waals surface area contributed by atoms with Crippen LogP contribution < -0.4 is 10.5 Å². The summed E-state index contributed by atoms with van der Waals surface area (Å²) in [7, 11) is 0. The molecule has 2 aromatic rings. The highest BCUT2D eigenvalue weighted by Gasteiger charge is 2.11. The lowest BCUT2D eigenvalue weighted by atomic mass is 10.2. The van der Waals surface area contributed by atoms with E-state index < -0.39 is 5.82 Å². The molecule has 0 saturated carbocycles. The first-order chi connectivity index (χ1) is 9.18. The zero-order chi connectivity index (χ0) is 13.7. The predicted molar refractivity (Wildman–Crippen MR) is 74.6 cm³/mol. The zero-order valence-electron chi connectivity index (χ0n) is 10.3. The van der Waals surface area contributed by atoms with E-state index in [2.05, 4.69) is 4.98 Å². The van der Waals surface area contributed by atoms with Crippen LogP contribution in [-0.4, -0.2) is 21.1 Å². The quantitative estimate of drug-likeness (QED) is 0.650. The molecule has 0 aliphatic carbocycles. The highest BCUT2D eigenvalue weighted by Crippen LogP contribution is 2.21. The van der Waals surface area contributed by atoms with Gasteiger partial charge in [0.2, 0.25) is 0 Å². The van der Waals surface area contributed by atoms with E-state index in [0.717, 1.165) is 13.0 Å². The third-order valence-corrected chi connectivity index (χ3v) is 2.80. The van der Waals surface area contributed by atoms with Crippen molar-refractivity contribution in [2.24, 2.45) is 5.73 Å². The minimum atomic E-state index is -0.459. The van der Waals surface area contributed by atoms with E-state index in [1.165, 1.54) is 6.07 Å². The van der Waals surface area contributed by atoms with Crippen LogP contribution in [0.4, 0.5) is 4.39 Å². The maximum absolute atomic E-state index is 13.6. The molecule has 100 valence electrons. The molecule has 0 spiro atoms. The van der Waals surface area contributed by atoms with Crippen molar-refractivity contribution in [2.75, 3.05) is 6.61 Å². The highest BCUT2D eigenvalue weighted by molar-refractivity contribution is 7.80. The van der Waals surface area contributed by atoms with Gasteiger partial charge in [-0.05, 0) is 18.6 Å². The van der Waals surface area contributed by atoms with Gasteiger partial charge in [-0.2, -0.15) is 0 Å². The molecule has 1 heterocycles. The molecule has 0 aliphatic heterocycles. The van der Waals surface area contributed by atoms with Crippen molar-refractivity contribution < 1.29 is 9.13 Å². The van der Waals surface area contributed by atoms with Crippen molar-refractivity contribution in [2.45, 2.75) is 13.0 Å².